The Labute approximate surface area is 180 Å². The number of ketones is 1. The van der Waals surface area contributed by atoms with E-state index in [1.165, 1.54) is 36.4 Å². The molecule has 1 N–H and O–H groups in total. The molecule has 0 unspecified atom stereocenters. The average Bonchev–Trinajstić information content (AvgIpc) is 2.77. The molecule has 0 aromatic heterocycles. The van der Waals surface area contributed by atoms with Gasteiger partial charge < -0.3 is 9.47 Å². The zero-order chi connectivity index (χ0) is 22.3. The Morgan fingerprint density at radius 3 is 2.13 bits per heavy atom. The Morgan fingerprint density at radius 2 is 1.48 bits per heavy atom. The summed E-state index contributed by atoms with van der Waals surface area (Å²) in [5.41, 5.74) is 1.55. The first-order valence-electron chi connectivity index (χ1n) is 9.40. The molecule has 0 saturated heterocycles. The summed E-state index contributed by atoms with van der Waals surface area (Å²) in [6.45, 7) is 1.12. The van der Waals surface area contributed by atoms with Crippen molar-refractivity contribution < 1.29 is 27.5 Å². The summed E-state index contributed by atoms with van der Waals surface area (Å²) in [5, 5.41) is 0. The van der Waals surface area contributed by atoms with Crippen molar-refractivity contribution in [2.75, 3.05) is 17.9 Å². The summed E-state index contributed by atoms with van der Waals surface area (Å²) >= 11 is 0. The van der Waals surface area contributed by atoms with Gasteiger partial charge in [-0.15, -0.1) is 0 Å². The molecule has 3 rings (SSSR count). The van der Waals surface area contributed by atoms with Crippen molar-refractivity contribution >= 4 is 27.5 Å². The fourth-order valence-electron chi connectivity index (χ4n) is 2.59. The molecule has 0 fully saturated rings. The molecule has 0 amide bonds. The predicted molar refractivity (Wildman–Crippen MR) is 116 cm³/mol. The minimum absolute atomic E-state index is 0.142. The maximum atomic E-state index is 12.4. The molecule has 8 heteroatoms. The van der Waals surface area contributed by atoms with Crippen LogP contribution in [0.1, 0.15) is 15.9 Å². The minimum Gasteiger partial charge on any atom is -0.482 e. The number of aryl methyl sites for hydroxylation is 1. The first kappa shape index (κ1) is 22.0. The second-order valence-corrected chi connectivity index (χ2v) is 8.36. The lowest BCUT2D eigenvalue weighted by atomic mass is 10.1. The lowest BCUT2D eigenvalue weighted by Gasteiger charge is -2.09. The number of para-hydroxylation sites is 1. The quantitative estimate of drug-likeness (QED) is 0.404. The van der Waals surface area contributed by atoms with Crippen LogP contribution in [-0.2, 0) is 19.6 Å². The number of carbonyl (C=O) groups excluding carboxylic acids is 2. The number of nitrogens with one attached hydrogen (secondary N) is 1. The highest BCUT2D eigenvalue weighted by molar-refractivity contribution is 7.92. The van der Waals surface area contributed by atoms with E-state index in [0.717, 1.165) is 5.56 Å². The van der Waals surface area contributed by atoms with E-state index >= 15 is 0 Å². The average molecular weight is 439 g/mol. The van der Waals surface area contributed by atoms with Crippen LogP contribution >= 0.6 is 0 Å². The number of hydrogen-bond acceptors (Lipinski definition) is 6. The smallest absolute Gasteiger partial charge is 0.344 e. The molecule has 0 saturated carbocycles. The van der Waals surface area contributed by atoms with Crippen molar-refractivity contribution in [3.63, 3.8) is 0 Å². The fourth-order valence-corrected chi connectivity index (χ4v) is 3.64. The molecule has 3 aromatic rings. The monoisotopic (exact) mass is 439 g/mol. The summed E-state index contributed by atoms with van der Waals surface area (Å²) in [4.78, 5) is 24.1. The third-order valence-corrected chi connectivity index (χ3v) is 5.65. The molecule has 160 valence electrons. The van der Waals surface area contributed by atoms with E-state index in [1.54, 1.807) is 36.4 Å². The van der Waals surface area contributed by atoms with Crippen LogP contribution in [-0.4, -0.2) is 33.4 Å². The molecule has 31 heavy (non-hydrogen) atoms. The number of esters is 1. The Hall–Kier alpha value is -3.65. The second kappa shape index (κ2) is 9.90. The second-order valence-electron chi connectivity index (χ2n) is 6.68. The van der Waals surface area contributed by atoms with E-state index in [2.05, 4.69) is 4.72 Å². The number of ether oxygens (including phenoxy) is 2. The predicted octanol–water partition coefficient (Wildman–Crippen LogP) is 3.60. The van der Waals surface area contributed by atoms with Gasteiger partial charge in [-0.2, -0.15) is 0 Å². The van der Waals surface area contributed by atoms with Gasteiger partial charge in [0.15, 0.2) is 19.0 Å². The van der Waals surface area contributed by atoms with Crippen molar-refractivity contribution in [2.45, 2.75) is 11.8 Å². The van der Waals surface area contributed by atoms with E-state index in [0.29, 0.717) is 11.4 Å². The molecule has 0 atom stereocenters. The summed E-state index contributed by atoms with van der Waals surface area (Å²) in [7, 11) is -3.73. The molecule has 7 nitrogen and oxygen atoms in total. The standard InChI is InChI=1S/C23H21NO6S/c1-17-7-13-21(14-8-17)31(27,28)24-19-11-9-18(10-12-19)22(25)15-30-23(26)16-29-20-5-3-2-4-6-20/h2-14,24H,15-16H2,1H3. The molecule has 0 radical (unpaired) electrons. The Balaban J connectivity index is 1.51. The van der Waals surface area contributed by atoms with Gasteiger partial charge in [0.2, 0.25) is 0 Å². The van der Waals surface area contributed by atoms with Gasteiger partial charge in [-0.05, 0) is 55.5 Å². The highest BCUT2D eigenvalue weighted by atomic mass is 32.2. The number of sulfonamides is 1. The first-order valence-corrected chi connectivity index (χ1v) is 10.9. The lowest BCUT2D eigenvalue weighted by Crippen LogP contribution is -2.19. The van der Waals surface area contributed by atoms with Crippen LogP contribution in [0.4, 0.5) is 5.69 Å². The highest BCUT2D eigenvalue weighted by Crippen LogP contribution is 2.17. The summed E-state index contributed by atoms with van der Waals surface area (Å²) in [6, 6.07) is 21.1. The van der Waals surface area contributed by atoms with Gasteiger partial charge in [-0.3, -0.25) is 9.52 Å². The maximum absolute atomic E-state index is 12.4. The zero-order valence-electron chi connectivity index (χ0n) is 16.8. The third-order valence-electron chi connectivity index (χ3n) is 4.25. The molecule has 0 heterocycles. The van der Waals surface area contributed by atoms with Crippen molar-refractivity contribution in [3.05, 3.63) is 90.0 Å². The zero-order valence-corrected chi connectivity index (χ0v) is 17.6. The van der Waals surface area contributed by atoms with E-state index < -0.39 is 28.4 Å². The number of Topliss-reactive ketones (excluding diaryl/α,β-unsaturated/α-hetero) is 1. The minimum atomic E-state index is -3.73. The largest absolute Gasteiger partial charge is 0.482 e. The molecular formula is C23H21NO6S. The molecule has 0 aliphatic rings. The summed E-state index contributed by atoms with van der Waals surface area (Å²) in [6.07, 6.45) is 0. The van der Waals surface area contributed by atoms with E-state index in [9.17, 15) is 18.0 Å². The van der Waals surface area contributed by atoms with Crippen molar-refractivity contribution in [1.29, 1.82) is 0 Å². The lowest BCUT2D eigenvalue weighted by molar-refractivity contribution is -0.144. The number of anilines is 1. The van der Waals surface area contributed by atoms with Crippen LogP contribution < -0.4 is 9.46 Å². The molecule has 0 bridgehead atoms. The van der Waals surface area contributed by atoms with Gasteiger partial charge in [0, 0.05) is 11.3 Å². The Morgan fingerprint density at radius 1 is 0.839 bits per heavy atom. The van der Waals surface area contributed by atoms with Gasteiger partial charge in [0.05, 0.1) is 4.90 Å². The Bertz CT molecular complexity index is 1140. The van der Waals surface area contributed by atoms with E-state index in [4.69, 9.17) is 9.47 Å². The van der Waals surface area contributed by atoms with Crippen LogP contribution in [0.15, 0.2) is 83.8 Å². The molecule has 0 aliphatic carbocycles. The summed E-state index contributed by atoms with van der Waals surface area (Å²) in [5.74, 6) is -0.560. The van der Waals surface area contributed by atoms with Crippen LogP contribution in [0.3, 0.4) is 0 Å². The first-order chi connectivity index (χ1) is 14.8. The molecular weight excluding hydrogens is 418 g/mol. The number of rotatable bonds is 9. The normalized spacial score (nSPS) is 10.9. The number of carbonyl (C=O) groups is 2. The van der Waals surface area contributed by atoms with Gasteiger partial charge in [-0.1, -0.05) is 35.9 Å². The van der Waals surface area contributed by atoms with Crippen molar-refractivity contribution in [1.82, 2.24) is 0 Å². The highest BCUT2D eigenvalue weighted by Gasteiger charge is 2.15. The van der Waals surface area contributed by atoms with Crippen molar-refractivity contribution in [3.8, 4) is 5.75 Å². The number of hydrogen-bond donors (Lipinski definition) is 1. The van der Waals surface area contributed by atoms with E-state index in [-0.39, 0.29) is 17.1 Å². The van der Waals surface area contributed by atoms with Crippen LogP contribution in [0.5, 0.6) is 5.75 Å². The molecule has 0 aliphatic heterocycles. The summed E-state index contributed by atoms with van der Waals surface area (Å²) < 4.78 is 37.5. The van der Waals surface area contributed by atoms with Crippen LogP contribution in [0, 0.1) is 6.92 Å². The molecule has 0 spiro atoms. The maximum Gasteiger partial charge on any atom is 0.344 e. The molecule has 3 aromatic carbocycles. The number of benzene rings is 3. The SMILES string of the molecule is Cc1ccc(S(=O)(=O)Nc2ccc(C(=O)COC(=O)COc3ccccc3)cc2)cc1. The van der Waals surface area contributed by atoms with Gasteiger partial charge >= 0.3 is 5.97 Å². The third kappa shape index (κ3) is 6.42. The van der Waals surface area contributed by atoms with Crippen molar-refractivity contribution in [2.24, 2.45) is 0 Å². The van der Waals surface area contributed by atoms with Gasteiger partial charge in [0.1, 0.15) is 5.75 Å². The fraction of sp³-hybridized carbons (Fsp3) is 0.130. The topological polar surface area (TPSA) is 98.8 Å². The van der Waals surface area contributed by atoms with Gasteiger partial charge in [-0.25, -0.2) is 13.2 Å². The van der Waals surface area contributed by atoms with E-state index in [1.807, 2.05) is 13.0 Å². The van der Waals surface area contributed by atoms with Gasteiger partial charge in [0.25, 0.3) is 10.0 Å². The van der Waals surface area contributed by atoms with Crippen LogP contribution in [0.25, 0.3) is 0 Å². The Kier molecular flexibility index (Phi) is 7.04. The van der Waals surface area contributed by atoms with Crippen LogP contribution in [0.2, 0.25) is 0 Å².